The molecular weight excluding hydrogens is 463 g/mol. The van der Waals surface area contributed by atoms with Crippen LogP contribution < -0.4 is 16.0 Å². The van der Waals surface area contributed by atoms with Gasteiger partial charge in [-0.2, -0.15) is 15.0 Å². The molecular formula is C21H29IN6. The first-order valence-electron chi connectivity index (χ1n) is 10.6. The first-order chi connectivity index (χ1) is 13.7. The first-order valence-corrected chi connectivity index (χ1v) is 11.6. The largest absolute Gasteiger partial charge is 0.351 e. The van der Waals surface area contributed by atoms with Gasteiger partial charge in [0, 0.05) is 21.3 Å². The minimum Gasteiger partial charge on any atom is -0.351 e. The molecule has 1 aromatic carbocycles. The fraction of sp³-hybridized carbons (Fsp3) is 0.571. The van der Waals surface area contributed by atoms with Crippen LogP contribution in [0.15, 0.2) is 24.3 Å². The van der Waals surface area contributed by atoms with Gasteiger partial charge in [-0.1, -0.05) is 38.5 Å². The Labute approximate surface area is 180 Å². The summed E-state index contributed by atoms with van der Waals surface area (Å²) in [7, 11) is 0. The van der Waals surface area contributed by atoms with Gasteiger partial charge in [0.15, 0.2) is 0 Å². The molecule has 2 aliphatic carbocycles. The minimum absolute atomic E-state index is 0.463. The van der Waals surface area contributed by atoms with E-state index in [4.69, 9.17) is 4.98 Å². The van der Waals surface area contributed by atoms with Crippen molar-refractivity contribution in [3.05, 3.63) is 27.8 Å². The summed E-state index contributed by atoms with van der Waals surface area (Å²) in [5, 5.41) is 10.4. The fourth-order valence-corrected chi connectivity index (χ4v) is 4.44. The zero-order valence-corrected chi connectivity index (χ0v) is 18.4. The molecule has 0 aliphatic heterocycles. The van der Waals surface area contributed by atoms with Crippen molar-refractivity contribution < 1.29 is 0 Å². The van der Waals surface area contributed by atoms with Crippen molar-refractivity contribution in [1.29, 1.82) is 0 Å². The molecule has 0 spiro atoms. The number of hydrogen-bond acceptors (Lipinski definition) is 6. The molecule has 7 heteroatoms. The summed E-state index contributed by atoms with van der Waals surface area (Å²) in [5.74, 6) is 1.94. The molecule has 150 valence electrons. The van der Waals surface area contributed by atoms with Gasteiger partial charge in [-0.15, -0.1) is 0 Å². The Morgan fingerprint density at radius 1 is 0.643 bits per heavy atom. The van der Waals surface area contributed by atoms with E-state index in [1.165, 1.54) is 67.8 Å². The lowest BCUT2D eigenvalue weighted by Gasteiger charge is -2.25. The Morgan fingerprint density at radius 2 is 1.11 bits per heavy atom. The smallest absolute Gasteiger partial charge is 0.233 e. The lowest BCUT2D eigenvalue weighted by molar-refractivity contribution is 0.458. The molecule has 0 saturated heterocycles. The standard InChI is InChI=1S/C21H29IN6/c22-15-11-13-18(14-12-15)25-21-27-19(23-16-7-3-1-4-8-16)26-20(28-21)24-17-9-5-2-6-10-17/h11-14,16-17H,1-10H2,(H3,23,24,25,26,27,28). The molecule has 1 heterocycles. The minimum atomic E-state index is 0.463. The maximum Gasteiger partial charge on any atom is 0.233 e. The molecule has 6 nitrogen and oxygen atoms in total. The summed E-state index contributed by atoms with van der Waals surface area (Å²) in [6, 6.07) is 9.18. The van der Waals surface area contributed by atoms with Crippen molar-refractivity contribution >= 4 is 46.1 Å². The quantitative estimate of drug-likeness (QED) is 0.449. The highest BCUT2D eigenvalue weighted by molar-refractivity contribution is 14.1. The highest BCUT2D eigenvalue weighted by Crippen LogP contribution is 2.24. The Bertz CT molecular complexity index is 716. The van der Waals surface area contributed by atoms with Crippen LogP contribution in [-0.4, -0.2) is 27.0 Å². The first kappa shape index (κ1) is 19.7. The van der Waals surface area contributed by atoms with Gasteiger partial charge in [0.1, 0.15) is 0 Å². The van der Waals surface area contributed by atoms with E-state index in [0.717, 1.165) is 5.69 Å². The van der Waals surface area contributed by atoms with Crippen molar-refractivity contribution in [2.24, 2.45) is 0 Å². The third kappa shape index (κ3) is 5.68. The zero-order valence-electron chi connectivity index (χ0n) is 16.3. The Hall–Kier alpha value is -1.64. The van der Waals surface area contributed by atoms with E-state index in [-0.39, 0.29) is 0 Å². The number of rotatable bonds is 6. The van der Waals surface area contributed by atoms with Crippen LogP contribution in [0, 0.1) is 3.57 Å². The molecule has 0 bridgehead atoms. The van der Waals surface area contributed by atoms with Crippen molar-refractivity contribution in [1.82, 2.24) is 15.0 Å². The van der Waals surface area contributed by atoms with Crippen LogP contribution in [0.4, 0.5) is 23.5 Å². The summed E-state index contributed by atoms with van der Waals surface area (Å²) < 4.78 is 1.21. The maximum absolute atomic E-state index is 4.69. The van der Waals surface area contributed by atoms with Gasteiger partial charge >= 0.3 is 0 Å². The molecule has 4 rings (SSSR count). The molecule has 0 unspecified atom stereocenters. The molecule has 28 heavy (non-hydrogen) atoms. The van der Waals surface area contributed by atoms with E-state index < -0.39 is 0 Å². The Morgan fingerprint density at radius 3 is 1.61 bits per heavy atom. The van der Waals surface area contributed by atoms with Crippen LogP contribution in [-0.2, 0) is 0 Å². The Kier molecular flexibility index (Phi) is 6.82. The van der Waals surface area contributed by atoms with E-state index in [1.54, 1.807) is 0 Å². The lowest BCUT2D eigenvalue weighted by Crippen LogP contribution is -2.26. The van der Waals surface area contributed by atoms with Crippen LogP contribution >= 0.6 is 22.6 Å². The molecule has 0 radical (unpaired) electrons. The van der Waals surface area contributed by atoms with Gasteiger partial charge in [0.25, 0.3) is 0 Å². The van der Waals surface area contributed by atoms with Crippen LogP contribution in [0.2, 0.25) is 0 Å². The Balaban J connectivity index is 1.52. The van der Waals surface area contributed by atoms with Gasteiger partial charge in [0.05, 0.1) is 0 Å². The number of nitrogens with one attached hydrogen (secondary N) is 3. The highest BCUT2D eigenvalue weighted by atomic mass is 127. The molecule has 1 aromatic heterocycles. The number of hydrogen-bond donors (Lipinski definition) is 3. The molecule has 2 saturated carbocycles. The average Bonchev–Trinajstić information content (AvgIpc) is 2.71. The zero-order chi connectivity index (χ0) is 19.2. The van der Waals surface area contributed by atoms with E-state index in [1.807, 2.05) is 12.1 Å². The lowest BCUT2D eigenvalue weighted by atomic mass is 9.96. The second-order valence-electron chi connectivity index (χ2n) is 7.90. The summed E-state index contributed by atoms with van der Waals surface area (Å²) in [6.07, 6.45) is 12.6. The summed E-state index contributed by atoms with van der Waals surface area (Å²) in [6.45, 7) is 0. The van der Waals surface area contributed by atoms with Crippen LogP contribution in [0.1, 0.15) is 64.2 Å². The van der Waals surface area contributed by atoms with Gasteiger partial charge in [-0.05, 0) is 72.5 Å². The molecule has 0 atom stereocenters. The third-order valence-corrected chi connectivity index (χ3v) is 6.33. The number of halogens is 1. The van der Waals surface area contributed by atoms with Crippen molar-refractivity contribution in [3.63, 3.8) is 0 Å². The van der Waals surface area contributed by atoms with E-state index in [9.17, 15) is 0 Å². The fourth-order valence-electron chi connectivity index (χ4n) is 4.08. The van der Waals surface area contributed by atoms with E-state index in [2.05, 4.69) is 60.6 Å². The van der Waals surface area contributed by atoms with Gasteiger partial charge in [-0.3, -0.25) is 0 Å². The monoisotopic (exact) mass is 492 g/mol. The third-order valence-electron chi connectivity index (χ3n) is 5.61. The molecule has 2 fully saturated rings. The van der Waals surface area contributed by atoms with Crippen molar-refractivity contribution in [2.45, 2.75) is 76.3 Å². The number of nitrogens with zero attached hydrogens (tertiary/aromatic N) is 3. The maximum atomic E-state index is 4.69. The second kappa shape index (κ2) is 9.71. The highest BCUT2D eigenvalue weighted by Gasteiger charge is 2.18. The SMILES string of the molecule is Ic1ccc(Nc2nc(NC3CCCCC3)nc(NC3CCCCC3)n2)cc1. The summed E-state index contributed by atoms with van der Waals surface area (Å²) in [4.78, 5) is 14.0. The predicted molar refractivity (Wildman–Crippen MR) is 123 cm³/mol. The van der Waals surface area contributed by atoms with Gasteiger partial charge in [-0.25, -0.2) is 0 Å². The summed E-state index contributed by atoms with van der Waals surface area (Å²) in [5.41, 5.74) is 0.985. The van der Waals surface area contributed by atoms with Crippen LogP contribution in [0.3, 0.4) is 0 Å². The van der Waals surface area contributed by atoms with E-state index >= 15 is 0 Å². The van der Waals surface area contributed by atoms with Gasteiger partial charge < -0.3 is 16.0 Å². The van der Waals surface area contributed by atoms with Crippen LogP contribution in [0.5, 0.6) is 0 Å². The molecule has 2 aromatic rings. The topological polar surface area (TPSA) is 74.8 Å². The van der Waals surface area contributed by atoms with Crippen molar-refractivity contribution in [2.75, 3.05) is 16.0 Å². The average molecular weight is 492 g/mol. The molecule has 0 amide bonds. The second-order valence-corrected chi connectivity index (χ2v) is 9.14. The molecule has 2 aliphatic rings. The van der Waals surface area contributed by atoms with Crippen molar-refractivity contribution in [3.8, 4) is 0 Å². The normalized spacial score (nSPS) is 18.6. The summed E-state index contributed by atoms with van der Waals surface area (Å²) >= 11 is 2.31. The van der Waals surface area contributed by atoms with Crippen LogP contribution in [0.25, 0.3) is 0 Å². The predicted octanol–water partition coefficient (Wildman–Crippen LogP) is 5.71. The number of benzene rings is 1. The molecule has 3 N–H and O–H groups in total. The van der Waals surface area contributed by atoms with Gasteiger partial charge in [0.2, 0.25) is 17.8 Å². The number of aromatic nitrogens is 3. The van der Waals surface area contributed by atoms with E-state index in [0.29, 0.717) is 29.9 Å². The number of anilines is 4.